The van der Waals surface area contributed by atoms with Crippen molar-refractivity contribution in [3.05, 3.63) is 53.6 Å². The summed E-state index contributed by atoms with van der Waals surface area (Å²) in [6.07, 6.45) is 5.59. The van der Waals surface area contributed by atoms with Crippen LogP contribution in [0.3, 0.4) is 0 Å². The van der Waals surface area contributed by atoms with Crippen molar-refractivity contribution in [2.75, 3.05) is 26.2 Å². The predicted molar refractivity (Wildman–Crippen MR) is 111 cm³/mol. The second-order valence-electron chi connectivity index (χ2n) is 8.69. The van der Waals surface area contributed by atoms with Crippen LogP contribution in [0, 0.1) is 11.2 Å². The summed E-state index contributed by atoms with van der Waals surface area (Å²) < 4.78 is 13.4. The second kappa shape index (κ2) is 8.58. The highest BCUT2D eigenvalue weighted by atomic mass is 19.1. The van der Waals surface area contributed by atoms with Gasteiger partial charge in [-0.2, -0.15) is 5.10 Å². The number of likely N-dealkylation sites (tertiary alicyclic amines) is 2. The summed E-state index contributed by atoms with van der Waals surface area (Å²) in [4.78, 5) is 29.5. The van der Waals surface area contributed by atoms with Crippen LogP contribution in [-0.4, -0.2) is 58.0 Å². The van der Waals surface area contributed by atoms with E-state index in [-0.39, 0.29) is 23.5 Å². The molecule has 0 bridgehead atoms. The van der Waals surface area contributed by atoms with Crippen LogP contribution in [0.4, 0.5) is 4.39 Å². The number of aromatic amines is 1. The lowest BCUT2D eigenvalue weighted by atomic mass is 9.72. The fourth-order valence-corrected chi connectivity index (χ4v) is 4.95. The lowest BCUT2D eigenvalue weighted by Crippen LogP contribution is -2.53. The van der Waals surface area contributed by atoms with Crippen molar-refractivity contribution in [2.24, 2.45) is 5.41 Å². The van der Waals surface area contributed by atoms with Gasteiger partial charge < -0.3 is 9.80 Å². The standard InChI is InChI=1S/C23H29FN4O2/c1-17(29)27-13-9-23(10-14-27,15-18-4-6-20(24)7-5-18)22(30)28-12-2-3-19(16-28)21-8-11-25-26-21/h4-8,11,19H,2-3,9-10,12-16H2,1H3,(H,25,26)/t19-/m0/s1. The third kappa shape index (κ3) is 4.25. The molecule has 0 spiro atoms. The summed E-state index contributed by atoms with van der Waals surface area (Å²) in [6, 6.07) is 8.43. The SMILES string of the molecule is CC(=O)N1CCC(Cc2ccc(F)cc2)(C(=O)N2CCC[C@H](c3ccn[nH]3)C2)CC1. The van der Waals surface area contributed by atoms with E-state index in [0.717, 1.165) is 30.6 Å². The number of nitrogens with one attached hydrogen (secondary N) is 1. The van der Waals surface area contributed by atoms with Crippen LogP contribution in [0.5, 0.6) is 0 Å². The van der Waals surface area contributed by atoms with Crippen molar-refractivity contribution in [3.8, 4) is 0 Å². The molecule has 160 valence electrons. The number of nitrogens with zero attached hydrogens (tertiary/aromatic N) is 3. The zero-order chi connectivity index (χ0) is 21.1. The molecule has 1 atom stereocenters. The topological polar surface area (TPSA) is 69.3 Å². The Morgan fingerprint density at radius 2 is 1.87 bits per heavy atom. The summed E-state index contributed by atoms with van der Waals surface area (Å²) in [5, 5.41) is 7.11. The molecule has 0 saturated carbocycles. The second-order valence-corrected chi connectivity index (χ2v) is 8.69. The van der Waals surface area contributed by atoms with Crippen molar-refractivity contribution in [1.82, 2.24) is 20.0 Å². The highest BCUT2D eigenvalue weighted by Gasteiger charge is 2.45. The Balaban J connectivity index is 1.56. The van der Waals surface area contributed by atoms with E-state index in [4.69, 9.17) is 0 Å². The van der Waals surface area contributed by atoms with Crippen molar-refractivity contribution in [2.45, 2.75) is 44.9 Å². The first-order chi connectivity index (χ1) is 14.5. The van der Waals surface area contributed by atoms with Gasteiger partial charge in [0.2, 0.25) is 11.8 Å². The maximum absolute atomic E-state index is 13.9. The van der Waals surface area contributed by atoms with E-state index in [1.54, 1.807) is 25.3 Å². The zero-order valence-corrected chi connectivity index (χ0v) is 17.4. The molecule has 30 heavy (non-hydrogen) atoms. The zero-order valence-electron chi connectivity index (χ0n) is 17.4. The molecule has 2 amide bonds. The largest absolute Gasteiger partial charge is 0.343 e. The van der Waals surface area contributed by atoms with E-state index in [1.807, 2.05) is 15.9 Å². The van der Waals surface area contributed by atoms with E-state index in [0.29, 0.717) is 38.9 Å². The molecular weight excluding hydrogens is 383 g/mol. The lowest BCUT2D eigenvalue weighted by Gasteiger charge is -2.45. The van der Waals surface area contributed by atoms with Crippen LogP contribution in [0.2, 0.25) is 0 Å². The maximum atomic E-state index is 13.9. The van der Waals surface area contributed by atoms with Crippen LogP contribution in [0.25, 0.3) is 0 Å². The quantitative estimate of drug-likeness (QED) is 0.839. The fraction of sp³-hybridized carbons (Fsp3) is 0.522. The number of piperidine rings is 2. The number of carbonyl (C=O) groups excluding carboxylic acids is 2. The monoisotopic (exact) mass is 412 g/mol. The molecule has 0 unspecified atom stereocenters. The Hall–Kier alpha value is -2.70. The predicted octanol–water partition coefficient (Wildman–Crippen LogP) is 3.13. The van der Waals surface area contributed by atoms with Crippen molar-refractivity contribution in [3.63, 3.8) is 0 Å². The molecule has 0 aliphatic carbocycles. The number of amides is 2. The molecule has 2 saturated heterocycles. The van der Waals surface area contributed by atoms with Gasteiger partial charge in [-0.25, -0.2) is 4.39 Å². The number of aromatic nitrogens is 2. The van der Waals surface area contributed by atoms with Crippen molar-refractivity contribution < 1.29 is 14.0 Å². The number of hydrogen-bond donors (Lipinski definition) is 1. The summed E-state index contributed by atoms with van der Waals surface area (Å²) in [6.45, 7) is 4.18. The first-order valence-electron chi connectivity index (χ1n) is 10.8. The van der Waals surface area contributed by atoms with E-state index in [9.17, 15) is 14.0 Å². The Morgan fingerprint density at radius 3 is 2.50 bits per heavy atom. The third-order valence-corrected chi connectivity index (χ3v) is 6.75. The Morgan fingerprint density at radius 1 is 1.13 bits per heavy atom. The average Bonchev–Trinajstić information content (AvgIpc) is 3.30. The summed E-state index contributed by atoms with van der Waals surface area (Å²) >= 11 is 0. The van der Waals surface area contributed by atoms with E-state index in [1.165, 1.54) is 12.1 Å². The van der Waals surface area contributed by atoms with Crippen molar-refractivity contribution in [1.29, 1.82) is 0 Å². The Kier molecular flexibility index (Phi) is 5.88. The molecule has 2 fully saturated rings. The van der Waals surface area contributed by atoms with Crippen LogP contribution in [0.15, 0.2) is 36.5 Å². The first-order valence-corrected chi connectivity index (χ1v) is 10.8. The number of H-pyrrole nitrogens is 1. The number of benzene rings is 1. The molecule has 2 aromatic rings. The van der Waals surface area contributed by atoms with Gasteiger partial charge in [-0.1, -0.05) is 12.1 Å². The van der Waals surface area contributed by atoms with Gasteiger partial charge in [0, 0.05) is 50.9 Å². The number of carbonyl (C=O) groups is 2. The van der Waals surface area contributed by atoms with Crippen molar-refractivity contribution >= 4 is 11.8 Å². The van der Waals surface area contributed by atoms with Gasteiger partial charge >= 0.3 is 0 Å². The van der Waals surface area contributed by atoms with E-state index < -0.39 is 5.41 Å². The average molecular weight is 413 g/mol. The molecule has 2 aliphatic heterocycles. The van der Waals surface area contributed by atoms with E-state index in [2.05, 4.69) is 10.2 Å². The summed E-state index contributed by atoms with van der Waals surface area (Å²) in [5.41, 5.74) is 1.48. The highest BCUT2D eigenvalue weighted by molar-refractivity contribution is 5.84. The minimum Gasteiger partial charge on any atom is -0.343 e. The highest BCUT2D eigenvalue weighted by Crippen LogP contribution is 2.39. The first kappa shape index (κ1) is 20.6. The lowest BCUT2D eigenvalue weighted by molar-refractivity contribution is -0.149. The third-order valence-electron chi connectivity index (χ3n) is 6.75. The molecule has 1 N–H and O–H groups in total. The Bertz CT molecular complexity index is 873. The van der Waals surface area contributed by atoms with Crippen LogP contribution in [-0.2, 0) is 16.0 Å². The molecule has 4 rings (SSSR count). The molecular formula is C23H29FN4O2. The van der Waals surface area contributed by atoms with Gasteiger partial charge in [-0.3, -0.25) is 14.7 Å². The number of hydrogen-bond acceptors (Lipinski definition) is 3. The summed E-state index contributed by atoms with van der Waals surface area (Å²) in [5.74, 6) is 0.212. The van der Waals surface area contributed by atoms with Gasteiger partial charge in [0.1, 0.15) is 5.82 Å². The molecule has 1 aromatic carbocycles. The molecule has 6 nitrogen and oxygen atoms in total. The van der Waals surface area contributed by atoms with Crippen LogP contribution in [0.1, 0.15) is 49.8 Å². The van der Waals surface area contributed by atoms with Gasteiger partial charge in [-0.05, 0) is 55.9 Å². The minimum absolute atomic E-state index is 0.0510. The molecule has 0 radical (unpaired) electrons. The normalized spacial score (nSPS) is 21.5. The van der Waals surface area contributed by atoms with Crippen LogP contribution < -0.4 is 0 Å². The molecule has 7 heteroatoms. The molecule has 2 aliphatic rings. The summed E-state index contributed by atoms with van der Waals surface area (Å²) in [7, 11) is 0. The minimum atomic E-state index is -0.556. The molecule has 3 heterocycles. The number of halogens is 1. The van der Waals surface area contributed by atoms with Crippen LogP contribution >= 0.6 is 0 Å². The number of rotatable bonds is 4. The van der Waals surface area contributed by atoms with Gasteiger partial charge in [0.15, 0.2) is 0 Å². The fourth-order valence-electron chi connectivity index (χ4n) is 4.95. The van der Waals surface area contributed by atoms with Gasteiger partial charge in [0.05, 0.1) is 5.41 Å². The van der Waals surface area contributed by atoms with E-state index >= 15 is 0 Å². The smallest absolute Gasteiger partial charge is 0.229 e. The van der Waals surface area contributed by atoms with Gasteiger partial charge in [0.25, 0.3) is 0 Å². The molecule has 1 aromatic heterocycles. The van der Waals surface area contributed by atoms with Gasteiger partial charge in [-0.15, -0.1) is 0 Å². The Labute approximate surface area is 176 Å². The maximum Gasteiger partial charge on any atom is 0.229 e.